The second kappa shape index (κ2) is 12.3. The van der Waals surface area contributed by atoms with E-state index in [1.54, 1.807) is 0 Å². The number of fused-ring (bicyclic) bond motifs is 20. The van der Waals surface area contributed by atoms with Crippen molar-refractivity contribution in [1.82, 2.24) is 42.5 Å². The topological polar surface area (TPSA) is 96.2 Å². The molecule has 9 rings (SSSR count). The number of hydrogen-bond donors (Lipinski definition) is 8. The monoisotopic (exact) mass is 718 g/mol. The van der Waals surface area contributed by atoms with Crippen molar-refractivity contribution in [1.29, 1.82) is 0 Å². The zero-order chi connectivity index (χ0) is 26.2. The van der Waals surface area contributed by atoms with Gasteiger partial charge in [0.2, 0.25) is 0 Å². The first kappa shape index (κ1) is 29.3. The predicted octanol–water partition coefficient (Wildman–Crippen LogP) is 2.61. The molecule has 0 aromatic carbocycles. The van der Waals surface area contributed by atoms with Crippen LogP contribution in [0.1, 0.15) is 103 Å². The Balaban J connectivity index is 0.00000256. The summed E-state index contributed by atoms with van der Waals surface area (Å²) in [6.07, 6.45) is 25.6. The minimum absolute atomic E-state index is 0. The van der Waals surface area contributed by atoms with E-state index in [0.29, 0.717) is 49.3 Å². The van der Waals surface area contributed by atoms with Crippen LogP contribution in [0, 0.1) is 84.6 Å². The van der Waals surface area contributed by atoms with Crippen molar-refractivity contribution in [3.63, 3.8) is 0 Å². The molecule has 9 aliphatic rings. The fourth-order valence-corrected chi connectivity index (χ4v) is 12.0. The third-order valence-electron chi connectivity index (χ3n) is 13.8. The van der Waals surface area contributed by atoms with Gasteiger partial charge in [0.05, 0.1) is 49.3 Å². The Hall–Kier alpha value is 0.927. The van der Waals surface area contributed by atoms with E-state index in [2.05, 4.69) is 42.5 Å². The summed E-state index contributed by atoms with van der Waals surface area (Å²) in [6.45, 7) is 0. The van der Waals surface area contributed by atoms with E-state index in [1.807, 2.05) is 0 Å². The third kappa shape index (κ3) is 5.23. The molecular formula is C32H56ErN8. The van der Waals surface area contributed by atoms with E-state index in [9.17, 15) is 0 Å². The van der Waals surface area contributed by atoms with Gasteiger partial charge in [0.15, 0.2) is 0 Å². The van der Waals surface area contributed by atoms with E-state index in [-0.39, 0.29) is 37.3 Å². The second-order valence-corrected chi connectivity index (χ2v) is 15.6. The summed E-state index contributed by atoms with van der Waals surface area (Å²) in [4.78, 5) is 0. The van der Waals surface area contributed by atoms with Gasteiger partial charge in [0.25, 0.3) is 0 Å². The van der Waals surface area contributed by atoms with Crippen molar-refractivity contribution in [3.05, 3.63) is 0 Å². The summed E-state index contributed by atoms with van der Waals surface area (Å²) in [5.74, 6) is 5.97. The van der Waals surface area contributed by atoms with Crippen LogP contribution >= 0.6 is 0 Å². The molecule has 8 N–H and O–H groups in total. The molecular weight excluding hydrogens is 664 g/mol. The fourth-order valence-electron chi connectivity index (χ4n) is 12.0. The molecule has 9 fully saturated rings. The van der Waals surface area contributed by atoms with Gasteiger partial charge < -0.3 is 0 Å². The van der Waals surface area contributed by atoms with Gasteiger partial charge in [-0.3, -0.25) is 42.5 Å². The Bertz CT molecular complexity index is 716. The van der Waals surface area contributed by atoms with Gasteiger partial charge in [0.1, 0.15) is 0 Å². The van der Waals surface area contributed by atoms with Crippen LogP contribution in [-0.2, 0) is 0 Å². The molecule has 5 aliphatic heterocycles. The molecule has 5 saturated heterocycles. The zero-order valence-corrected chi connectivity index (χ0v) is 26.7. The summed E-state index contributed by atoms with van der Waals surface area (Å²) in [5.41, 5.74) is 0. The standard InChI is InChI=1S/C32H56N8.Er/c1-2-10-18-17(9-1)25-33-26(18)38-28-21-13-5-6-14-22(21)30(35-28)40-32-24-16-8-7-15-23(24)31(36-32)39-29-20-12-4-3-11-19(20)27(34-29)37-25;/h17-40H,1-16H2;. The third-order valence-corrected chi connectivity index (χ3v) is 13.8. The van der Waals surface area contributed by atoms with Crippen molar-refractivity contribution < 1.29 is 37.3 Å². The quantitative estimate of drug-likeness (QED) is 0.194. The zero-order valence-electron chi connectivity index (χ0n) is 24.8. The van der Waals surface area contributed by atoms with E-state index in [4.69, 9.17) is 0 Å². The van der Waals surface area contributed by atoms with Gasteiger partial charge in [-0.15, -0.1) is 0 Å². The van der Waals surface area contributed by atoms with E-state index in [1.165, 1.54) is 103 Å². The van der Waals surface area contributed by atoms with Crippen LogP contribution < -0.4 is 42.5 Å². The second-order valence-electron chi connectivity index (χ2n) is 15.6. The first-order valence-corrected chi connectivity index (χ1v) is 17.9. The molecule has 236 valence electrons. The van der Waals surface area contributed by atoms with Crippen LogP contribution in [0.15, 0.2) is 0 Å². The van der Waals surface area contributed by atoms with Crippen molar-refractivity contribution in [2.45, 2.75) is 152 Å². The largest absolute Gasteiger partial charge is 0.286 e. The average Bonchev–Trinajstić information content (AvgIpc) is 3.73. The van der Waals surface area contributed by atoms with Gasteiger partial charge >= 0.3 is 0 Å². The molecule has 0 aromatic rings. The van der Waals surface area contributed by atoms with Crippen molar-refractivity contribution in [3.8, 4) is 0 Å². The molecule has 0 spiro atoms. The SMILES string of the molecule is C1CCC2C3NC(NC4NC(NC5NC(NC6NC(N3)C3CCCCC63)C3CCCCC53)C3CCCCC43)C2C1.[Er]. The molecule has 8 bridgehead atoms. The molecule has 8 atom stereocenters. The van der Waals surface area contributed by atoms with Gasteiger partial charge in [-0.25, -0.2) is 0 Å². The number of nitrogens with one attached hydrogen (secondary N) is 8. The van der Waals surface area contributed by atoms with Gasteiger partial charge in [-0.1, -0.05) is 51.4 Å². The Morgan fingerprint density at radius 3 is 0.463 bits per heavy atom. The van der Waals surface area contributed by atoms with Gasteiger partial charge in [-0.2, -0.15) is 0 Å². The van der Waals surface area contributed by atoms with E-state index in [0.717, 1.165) is 47.3 Å². The Morgan fingerprint density at radius 1 is 0.220 bits per heavy atom. The number of rotatable bonds is 0. The Labute approximate surface area is 277 Å². The predicted molar refractivity (Wildman–Crippen MR) is 157 cm³/mol. The molecule has 5 heterocycles. The summed E-state index contributed by atoms with van der Waals surface area (Å²) < 4.78 is 0. The minimum Gasteiger partial charge on any atom is -0.286 e. The molecule has 4 aliphatic carbocycles. The van der Waals surface area contributed by atoms with Crippen LogP contribution in [0.3, 0.4) is 0 Å². The van der Waals surface area contributed by atoms with Crippen LogP contribution in [0.4, 0.5) is 0 Å². The van der Waals surface area contributed by atoms with Crippen LogP contribution in [-0.4, -0.2) is 49.3 Å². The maximum atomic E-state index is 4.26. The molecule has 41 heavy (non-hydrogen) atoms. The van der Waals surface area contributed by atoms with Crippen LogP contribution in [0.25, 0.3) is 0 Å². The first-order valence-electron chi connectivity index (χ1n) is 17.9. The summed E-state index contributed by atoms with van der Waals surface area (Å²) in [6, 6.07) is 0. The van der Waals surface area contributed by atoms with Gasteiger partial charge in [-0.05, 0) is 98.7 Å². The Morgan fingerprint density at radius 2 is 0.341 bits per heavy atom. The molecule has 0 radical (unpaired) electrons. The molecule has 0 amide bonds. The fraction of sp³-hybridized carbons (Fsp3) is 1.00. The van der Waals surface area contributed by atoms with E-state index >= 15 is 0 Å². The van der Waals surface area contributed by atoms with Crippen LogP contribution in [0.2, 0.25) is 0 Å². The van der Waals surface area contributed by atoms with Crippen molar-refractivity contribution >= 4 is 0 Å². The normalized spacial score (nSPS) is 56.2. The minimum atomic E-state index is 0. The maximum absolute atomic E-state index is 4.26. The summed E-state index contributed by atoms with van der Waals surface area (Å²) in [5, 5.41) is 33.8. The summed E-state index contributed by atoms with van der Waals surface area (Å²) >= 11 is 0. The molecule has 0 aromatic heterocycles. The molecule has 9 heteroatoms. The molecule has 4 saturated carbocycles. The first-order chi connectivity index (χ1) is 19.8. The van der Waals surface area contributed by atoms with Crippen molar-refractivity contribution in [2.24, 2.45) is 47.3 Å². The van der Waals surface area contributed by atoms with Crippen molar-refractivity contribution in [2.75, 3.05) is 0 Å². The molecule has 8 unspecified atom stereocenters. The molecule has 8 nitrogen and oxygen atoms in total. The smallest absolute Gasteiger partial charge is 0.0628 e. The summed E-state index contributed by atoms with van der Waals surface area (Å²) in [7, 11) is 0. The van der Waals surface area contributed by atoms with Crippen LogP contribution in [0.5, 0.6) is 0 Å². The van der Waals surface area contributed by atoms with E-state index < -0.39 is 0 Å². The van der Waals surface area contributed by atoms with Gasteiger partial charge in [0, 0.05) is 37.3 Å². The maximum Gasteiger partial charge on any atom is 0.0628 e. The Kier molecular flexibility index (Phi) is 8.78. The number of hydrogen-bond acceptors (Lipinski definition) is 8. The average molecular weight is 720 g/mol.